The summed E-state index contributed by atoms with van der Waals surface area (Å²) in [6.45, 7) is 1.40. The first-order valence-electron chi connectivity index (χ1n) is 12.6. The Morgan fingerprint density at radius 2 is 1.69 bits per heavy atom. The zero-order chi connectivity index (χ0) is 24.9. The number of amides is 2. The minimum Gasteiger partial charge on any atom is -0.337 e. The van der Waals surface area contributed by atoms with Crippen LogP contribution in [0.5, 0.6) is 0 Å². The lowest BCUT2D eigenvalue weighted by molar-refractivity contribution is 0.250. The molecule has 0 saturated heterocycles. The Hall–Kier alpha value is -3.90. The maximum absolute atomic E-state index is 12.1. The third-order valence-corrected chi connectivity index (χ3v) is 6.68. The molecule has 0 saturated carbocycles. The van der Waals surface area contributed by atoms with Gasteiger partial charge in [0.1, 0.15) is 6.33 Å². The van der Waals surface area contributed by atoms with Crippen LogP contribution in [0.3, 0.4) is 0 Å². The molecule has 0 unspecified atom stereocenters. The van der Waals surface area contributed by atoms with E-state index >= 15 is 0 Å². The molecule has 4 aromatic rings. The quantitative estimate of drug-likeness (QED) is 0.325. The monoisotopic (exact) mass is 479 g/mol. The Labute approximate surface area is 212 Å². The van der Waals surface area contributed by atoms with Crippen LogP contribution < -0.4 is 10.6 Å². The first-order valence-corrected chi connectivity index (χ1v) is 12.6. The number of nitrogens with zero attached hydrogens (tertiary/aromatic N) is 3. The van der Waals surface area contributed by atoms with E-state index in [4.69, 9.17) is 0 Å². The first-order chi connectivity index (χ1) is 17.6. The highest BCUT2D eigenvalue weighted by Crippen LogP contribution is 2.29. The van der Waals surface area contributed by atoms with Gasteiger partial charge >= 0.3 is 6.03 Å². The zero-order valence-corrected chi connectivity index (χ0v) is 21.0. The van der Waals surface area contributed by atoms with Crippen molar-refractivity contribution in [2.24, 2.45) is 0 Å². The summed E-state index contributed by atoms with van der Waals surface area (Å²) in [4.78, 5) is 18.7. The largest absolute Gasteiger partial charge is 0.337 e. The molecule has 2 amide bonds. The lowest BCUT2D eigenvalue weighted by Crippen LogP contribution is -2.34. The van der Waals surface area contributed by atoms with Crippen LogP contribution in [0.25, 0.3) is 33.4 Å². The topological polar surface area (TPSA) is 62.2 Å². The third-order valence-electron chi connectivity index (χ3n) is 6.68. The van der Waals surface area contributed by atoms with Crippen molar-refractivity contribution >= 4 is 28.3 Å². The van der Waals surface area contributed by atoms with Gasteiger partial charge in [0.25, 0.3) is 0 Å². The minimum absolute atomic E-state index is 0.194. The van der Waals surface area contributed by atoms with E-state index in [9.17, 15) is 4.79 Å². The number of carbonyl (C=O) groups excluding carboxylic acids is 1. The second-order valence-electron chi connectivity index (χ2n) is 9.60. The fourth-order valence-corrected chi connectivity index (χ4v) is 4.64. The van der Waals surface area contributed by atoms with Gasteiger partial charge in [-0.1, -0.05) is 36.4 Å². The fourth-order valence-electron chi connectivity index (χ4n) is 4.64. The average Bonchev–Trinajstić information content (AvgIpc) is 3.33. The van der Waals surface area contributed by atoms with E-state index in [-0.39, 0.29) is 6.03 Å². The van der Waals surface area contributed by atoms with Gasteiger partial charge in [0.2, 0.25) is 0 Å². The van der Waals surface area contributed by atoms with E-state index in [1.807, 2.05) is 49.6 Å². The number of benzene rings is 3. The highest BCUT2D eigenvalue weighted by Gasteiger charge is 2.10. The fraction of sp³-hybridized carbons (Fsp3) is 0.267. The molecule has 5 rings (SSSR count). The predicted molar refractivity (Wildman–Crippen MR) is 149 cm³/mol. The van der Waals surface area contributed by atoms with Gasteiger partial charge in [0, 0.05) is 24.5 Å². The molecule has 1 aliphatic carbocycles. The molecule has 2 N–H and O–H groups in total. The third kappa shape index (κ3) is 5.50. The number of anilines is 1. The molecule has 1 aromatic heterocycles. The first kappa shape index (κ1) is 23.8. The Morgan fingerprint density at radius 1 is 0.944 bits per heavy atom. The number of allylic oxidation sites excluding steroid dienone is 2. The summed E-state index contributed by atoms with van der Waals surface area (Å²) >= 11 is 0. The van der Waals surface area contributed by atoms with E-state index in [1.165, 1.54) is 36.8 Å². The summed E-state index contributed by atoms with van der Waals surface area (Å²) in [5.74, 6) is 0. The van der Waals surface area contributed by atoms with Crippen molar-refractivity contribution < 1.29 is 4.79 Å². The van der Waals surface area contributed by atoms with Crippen LogP contribution in [0.4, 0.5) is 10.5 Å². The van der Waals surface area contributed by atoms with Crippen LogP contribution in [0.1, 0.15) is 31.2 Å². The van der Waals surface area contributed by atoms with E-state index in [0.717, 1.165) is 40.1 Å². The number of nitrogens with one attached hydrogen (secondary N) is 2. The van der Waals surface area contributed by atoms with Crippen LogP contribution in [-0.4, -0.2) is 47.7 Å². The predicted octanol–water partition coefficient (Wildman–Crippen LogP) is 6.33. The van der Waals surface area contributed by atoms with E-state index in [0.29, 0.717) is 6.54 Å². The molecule has 0 spiro atoms. The summed E-state index contributed by atoms with van der Waals surface area (Å²) in [6, 6.07) is 22.9. The van der Waals surface area contributed by atoms with Gasteiger partial charge in [0.05, 0.1) is 11.0 Å². The van der Waals surface area contributed by atoms with Crippen molar-refractivity contribution in [2.75, 3.05) is 32.5 Å². The minimum atomic E-state index is -0.194. The smallest absolute Gasteiger partial charge is 0.319 e. The van der Waals surface area contributed by atoms with Crippen molar-refractivity contribution in [3.05, 3.63) is 84.7 Å². The molecule has 0 atom stereocenters. The highest BCUT2D eigenvalue weighted by molar-refractivity contribution is 5.90. The van der Waals surface area contributed by atoms with Gasteiger partial charge < -0.3 is 15.5 Å². The van der Waals surface area contributed by atoms with Crippen molar-refractivity contribution in [2.45, 2.75) is 25.7 Å². The molecule has 6 nitrogen and oxygen atoms in total. The second-order valence-corrected chi connectivity index (χ2v) is 9.60. The number of imidazole rings is 1. The standard InChI is InChI=1S/C30H33N5O/c1-34(2)19-18-31-30(36)33-26-13-8-24(9-14-26)25-12-17-28-29(20-25)35(21-32-28)27-15-10-23(11-16-27)22-6-4-3-5-7-22/h6,8-17,20-21H,3-5,7,18-19H2,1-2H3,(H2,31,33,36). The summed E-state index contributed by atoms with van der Waals surface area (Å²) in [6.07, 6.45) is 9.22. The molecule has 3 aromatic carbocycles. The van der Waals surface area contributed by atoms with Crippen molar-refractivity contribution in [1.82, 2.24) is 19.8 Å². The van der Waals surface area contributed by atoms with E-state index in [1.54, 1.807) is 0 Å². The lowest BCUT2D eigenvalue weighted by atomic mass is 9.94. The number of likely N-dealkylation sites (N-methyl/N-ethyl adjacent to an activating group) is 1. The molecule has 0 bridgehead atoms. The van der Waals surface area contributed by atoms with Gasteiger partial charge in [-0.25, -0.2) is 9.78 Å². The number of rotatable bonds is 7. The SMILES string of the molecule is CN(C)CCNC(=O)Nc1ccc(-c2ccc3ncn(-c4ccc(C5=CCCCC5)cc4)c3c2)cc1. The molecular weight excluding hydrogens is 446 g/mol. The van der Waals surface area contributed by atoms with E-state index in [2.05, 4.69) is 68.7 Å². The Morgan fingerprint density at radius 3 is 2.42 bits per heavy atom. The molecule has 1 aliphatic rings. The van der Waals surface area contributed by atoms with Crippen LogP contribution >= 0.6 is 0 Å². The molecular formula is C30H33N5O. The second kappa shape index (κ2) is 10.8. The number of carbonyl (C=O) groups is 1. The molecule has 184 valence electrons. The van der Waals surface area contributed by atoms with Gasteiger partial charge in [-0.05, 0) is 98.4 Å². The lowest BCUT2D eigenvalue weighted by Gasteiger charge is -2.14. The number of aromatic nitrogens is 2. The maximum Gasteiger partial charge on any atom is 0.319 e. The highest BCUT2D eigenvalue weighted by atomic mass is 16.2. The molecule has 36 heavy (non-hydrogen) atoms. The van der Waals surface area contributed by atoms with Crippen molar-refractivity contribution in [3.63, 3.8) is 0 Å². The van der Waals surface area contributed by atoms with Crippen molar-refractivity contribution in [1.29, 1.82) is 0 Å². The summed E-state index contributed by atoms with van der Waals surface area (Å²) < 4.78 is 2.14. The van der Waals surface area contributed by atoms with Crippen LogP contribution in [-0.2, 0) is 0 Å². The van der Waals surface area contributed by atoms with Gasteiger partial charge in [-0.2, -0.15) is 0 Å². The molecule has 0 radical (unpaired) electrons. The molecule has 0 aliphatic heterocycles. The number of hydrogen-bond donors (Lipinski definition) is 2. The van der Waals surface area contributed by atoms with Gasteiger partial charge in [-0.3, -0.25) is 4.57 Å². The number of urea groups is 1. The summed E-state index contributed by atoms with van der Waals surface area (Å²) in [5, 5.41) is 5.76. The molecule has 6 heteroatoms. The van der Waals surface area contributed by atoms with Crippen LogP contribution in [0.2, 0.25) is 0 Å². The van der Waals surface area contributed by atoms with Crippen LogP contribution in [0, 0.1) is 0 Å². The Balaban J connectivity index is 1.32. The summed E-state index contributed by atoms with van der Waals surface area (Å²) in [7, 11) is 3.96. The normalized spacial score (nSPS) is 13.6. The zero-order valence-electron chi connectivity index (χ0n) is 21.0. The van der Waals surface area contributed by atoms with Crippen LogP contribution in [0.15, 0.2) is 79.1 Å². The van der Waals surface area contributed by atoms with Gasteiger partial charge in [0.15, 0.2) is 0 Å². The average molecular weight is 480 g/mol. The van der Waals surface area contributed by atoms with E-state index < -0.39 is 0 Å². The molecule has 1 heterocycles. The van der Waals surface area contributed by atoms with Gasteiger partial charge in [-0.15, -0.1) is 0 Å². The summed E-state index contributed by atoms with van der Waals surface area (Å²) in [5.41, 5.74) is 8.89. The Kier molecular flexibility index (Phi) is 7.14. The number of fused-ring (bicyclic) bond motifs is 1. The number of hydrogen-bond acceptors (Lipinski definition) is 3. The van der Waals surface area contributed by atoms with Crippen molar-refractivity contribution in [3.8, 4) is 16.8 Å². The molecule has 0 fully saturated rings. The Bertz CT molecular complexity index is 1370. The maximum atomic E-state index is 12.1.